The first-order valence-electron chi connectivity index (χ1n) is 10.8. The van der Waals surface area contributed by atoms with Crippen LogP contribution in [0.15, 0.2) is 59.5 Å². The van der Waals surface area contributed by atoms with Crippen molar-refractivity contribution in [3.05, 3.63) is 60.3 Å². The van der Waals surface area contributed by atoms with Gasteiger partial charge in [0.15, 0.2) is 0 Å². The Hall–Kier alpha value is -2.24. The van der Waals surface area contributed by atoms with Gasteiger partial charge in [0.2, 0.25) is 0 Å². The van der Waals surface area contributed by atoms with Gasteiger partial charge in [-0.25, -0.2) is 4.68 Å². The normalized spacial score (nSPS) is 18.1. The summed E-state index contributed by atoms with van der Waals surface area (Å²) in [5.41, 5.74) is 3.93. The van der Waals surface area contributed by atoms with Gasteiger partial charge in [-0.05, 0) is 77.1 Å². The van der Waals surface area contributed by atoms with Crippen LogP contribution in [0.2, 0.25) is 0 Å². The van der Waals surface area contributed by atoms with E-state index in [1.165, 1.54) is 4.90 Å². The van der Waals surface area contributed by atoms with Crippen LogP contribution in [0.1, 0.15) is 52.1 Å². The molecule has 164 valence electrons. The highest BCUT2D eigenvalue weighted by molar-refractivity contribution is 7.98. The third-order valence-corrected chi connectivity index (χ3v) is 6.62. The molecule has 4 rings (SSSR count). The van der Waals surface area contributed by atoms with E-state index < -0.39 is 0 Å². The van der Waals surface area contributed by atoms with Crippen molar-refractivity contribution in [1.29, 1.82) is 0 Å². The van der Waals surface area contributed by atoms with E-state index in [4.69, 9.17) is 14.6 Å². The molecule has 1 aliphatic heterocycles. The molecule has 0 bridgehead atoms. The summed E-state index contributed by atoms with van der Waals surface area (Å²) in [5.74, 6) is 1.14. The molecule has 1 saturated heterocycles. The second kappa shape index (κ2) is 8.36. The Kier molecular flexibility index (Phi) is 5.93. The van der Waals surface area contributed by atoms with Crippen LogP contribution in [-0.2, 0) is 4.74 Å². The van der Waals surface area contributed by atoms with Gasteiger partial charge in [-0.15, -0.1) is 11.8 Å². The third-order valence-electron chi connectivity index (χ3n) is 5.87. The summed E-state index contributed by atoms with van der Waals surface area (Å²) in [6.45, 7) is 8.72. The van der Waals surface area contributed by atoms with Crippen LogP contribution in [0.25, 0.3) is 16.9 Å². The van der Waals surface area contributed by atoms with Gasteiger partial charge < -0.3 is 9.47 Å². The quantitative estimate of drug-likeness (QED) is 0.416. The highest BCUT2D eigenvalue weighted by atomic mass is 32.2. The molecule has 0 unspecified atom stereocenters. The number of ether oxygens (including phenoxy) is 2. The number of benzene rings is 2. The lowest BCUT2D eigenvalue weighted by Crippen LogP contribution is -2.44. The second-order valence-corrected chi connectivity index (χ2v) is 10.4. The average Bonchev–Trinajstić information content (AvgIpc) is 3.17. The number of methoxy groups -OCH3 is 1. The van der Waals surface area contributed by atoms with Crippen molar-refractivity contribution in [2.24, 2.45) is 0 Å². The fraction of sp³-hybridized carbons (Fsp3) is 0.423. The molecule has 2 aromatic carbocycles. The van der Waals surface area contributed by atoms with Crippen molar-refractivity contribution >= 4 is 11.8 Å². The van der Waals surface area contributed by atoms with Crippen LogP contribution in [0.5, 0.6) is 5.75 Å². The Morgan fingerprint density at radius 3 is 2.26 bits per heavy atom. The fourth-order valence-electron chi connectivity index (χ4n) is 4.85. The maximum absolute atomic E-state index is 6.32. The first-order chi connectivity index (χ1) is 14.7. The van der Waals surface area contributed by atoms with E-state index in [1.54, 1.807) is 18.9 Å². The van der Waals surface area contributed by atoms with Crippen LogP contribution >= 0.6 is 11.8 Å². The molecule has 0 N–H and O–H groups in total. The molecule has 1 fully saturated rings. The summed E-state index contributed by atoms with van der Waals surface area (Å²) < 4.78 is 14.0. The van der Waals surface area contributed by atoms with Crippen LogP contribution in [0.4, 0.5) is 0 Å². The minimum absolute atomic E-state index is 0.180. The van der Waals surface area contributed by atoms with E-state index in [1.807, 2.05) is 22.9 Å². The Morgan fingerprint density at radius 2 is 1.65 bits per heavy atom. The molecule has 0 radical (unpaired) electrons. The van der Waals surface area contributed by atoms with Gasteiger partial charge in [0.1, 0.15) is 11.4 Å². The third kappa shape index (κ3) is 4.68. The molecular formula is C26H32N2O2S. The molecule has 0 atom stereocenters. The van der Waals surface area contributed by atoms with Crippen molar-refractivity contribution in [3.63, 3.8) is 0 Å². The van der Waals surface area contributed by atoms with Crippen molar-refractivity contribution in [1.82, 2.24) is 9.78 Å². The predicted molar refractivity (Wildman–Crippen MR) is 129 cm³/mol. The number of thioether (sulfide) groups is 1. The van der Waals surface area contributed by atoms with Crippen LogP contribution < -0.4 is 4.74 Å². The van der Waals surface area contributed by atoms with Gasteiger partial charge in [0.25, 0.3) is 0 Å². The Balaban J connectivity index is 1.84. The van der Waals surface area contributed by atoms with Gasteiger partial charge in [-0.3, -0.25) is 0 Å². The average molecular weight is 437 g/mol. The molecule has 0 saturated carbocycles. The molecule has 31 heavy (non-hydrogen) atoms. The van der Waals surface area contributed by atoms with Crippen molar-refractivity contribution in [2.75, 3.05) is 13.4 Å². The van der Waals surface area contributed by atoms with E-state index in [0.717, 1.165) is 41.2 Å². The van der Waals surface area contributed by atoms with Crippen molar-refractivity contribution < 1.29 is 9.47 Å². The lowest BCUT2D eigenvalue weighted by molar-refractivity contribution is -0.162. The molecule has 4 nitrogen and oxygen atoms in total. The van der Waals surface area contributed by atoms with E-state index in [9.17, 15) is 0 Å². The van der Waals surface area contributed by atoms with Crippen LogP contribution in [0, 0.1) is 0 Å². The monoisotopic (exact) mass is 436 g/mol. The molecule has 5 heteroatoms. The summed E-state index contributed by atoms with van der Waals surface area (Å²) >= 11 is 1.75. The summed E-state index contributed by atoms with van der Waals surface area (Å²) in [7, 11) is 1.71. The zero-order valence-corrected chi connectivity index (χ0v) is 20.1. The lowest BCUT2D eigenvalue weighted by atomic mass is 9.79. The molecule has 0 spiro atoms. The summed E-state index contributed by atoms with van der Waals surface area (Å²) in [6.07, 6.45) is 4.00. The number of para-hydroxylation sites is 2. The molecule has 1 aliphatic rings. The van der Waals surface area contributed by atoms with Gasteiger partial charge in [0.05, 0.1) is 29.7 Å². The molecule has 1 aromatic heterocycles. The Labute approximate surface area is 190 Å². The Bertz CT molecular complexity index is 1040. The number of nitrogens with zero attached hydrogens (tertiary/aromatic N) is 2. The van der Waals surface area contributed by atoms with Crippen LogP contribution in [-0.4, -0.2) is 34.3 Å². The van der Waals surface area contributed by atoms with E-state index >= 15 is 0 Å². The maximum atomic E-state index is 6.32. The predicted octanol–water partition coefficient (Wildman–Crippen LogP) is 6.72. The van der Waals surface area contributed by atoms with Crippen molar-refractivity contribution in [2.45, 2.75) is 62.6 Å². The van der Waals surface area contributed by atoms with Gasteiger partial charge in [0, 0.05) is 16.4 Å². The lowest BCUT2D eigenvalue weighted by Gasteiger charge is -2.45. The molecular weight excluding hydrogens is 404 g/mol. The summed E-state index contributed by atoms with van der Waals surface area (Å²) in [4.78, 5) is 1.25. The minimum atomic E-state index is -0.180. The molecule has 2 heterocycles. The SMILES string of the molecule is COc1ccccc1-n1nc(C2CC(C)(C)OC(C)(C)C2)cc1-c1ccc(SC)cc1. The van der Waals surface area contributed by atoms with Gasteiger partial charge in [-0.2, -0.15) is 5.10 Å². The summed E-state index contributed by atoms with van der Waals surface area (Å²) in [5, 5.41) is 5.14. The molecule has 3 aromatic rings. The van der Waals surface area contributed by atoms with Crippen molar-refractivity contribution in [3.8, 4) is 22.7 Å². The maximum Gasteiger partial charge on any atom is 0.144 e. The van der Waals surface area contributed by atoms with Crippen LogP contribution in [0.3, 0.4) is 0 Å². The zero-order valence-electron chi connectivity index (χ0n) is 19.3. The number of rotatable bonds is 5. The van der Waals surface area contributed by atoms with E-state index in [2.05, 4.69) is 70.3 Å². The topological polar surface area (TPSA) is 36.3 Å². The second-order valence-electron chi connectivity index (χ2n) is 9.49. The minimum Gasteiger partial charge on any atom is -0.494 e. The largest absolute Gasteiger partial charge is 0.494 e. The number of aromatic nitrogens is 2. The fourth-order valence-corrected chi connectivity index (χ4v) is 5.26. The first-order valence-corrected chi connectivity index (χ1v) is 12.0. The van der Waals surface area contributed by atoms with Gasteiger partial charge >= 0.3 is 0 Å². The number of hydrogen-bond acceptors (Lipinski definition) is 4. The standard InChI is InChI=1S/C26H32N2O2S/c1-25(2)16-19(17-26(3,4)30-25)21-15-23(18-11-13-20(31-6)14-12-18)28(27-21)22-9-7-8-10-24(22)29-5/h7-15,19H,16-17H2,1-6H3. The van der Waals surface area contributed by atoms with Gasteiger partial charge in [-0.1, -0.05) is 24.3 Å². The van der Waals surface area contributed by atoms with E-state index in [-0.39, 0.29) is 11.2 Å². The first kappa shape index (κ1) is 22.0. The Morgan fingerprint density at radius 1 is 1.00 bits per heavy atom. The highest BCUT2D eigenvalue weighted by Gasteiger charge is 2.41. The number of hydrogen-bond donors (Lipinski definition) is 0. The van der Waals surface area contributed by atoms with E-state index in [0.29, 0.717) is 5.92 Å². The molecule has 0 amide bonds. The smallest absolute Gasteiger partial charge is 0.144 e. The zero-order chi connectivity index (χ0) is 22.2. The summed E-state index contributed by atoms with van der Waals surface area (Å²) in [6, 6.07) is 19.0. The molecule has 0 aliphatic carbocycles. The highest BCUT2D eigenvalue weighted by Crippen LogP contribution is 2.44.